The van der Waals surface area contributed by atoms with Crippen molar-refractivity contribution in [3.8, 4) is 0 Å². The van der Waals surface area contributed by atoms with Crippen LogP contribution in [0.15, 0.2) is 12.3 Å². The molecular weight excluding hydrogens is 220 g/mol. The molecule has 1 aliphatic rings. The summed E-state index contributed by atoms with van der Waals surface area (Å²) in [5.74, 6) is 0.473. The number of nitrogens with two attached hydrogens (primary N) is 1. The minimum Gasteiger partial charge on any atom is -0.382 e. The van der Waals surface area contributed by atoms with Crippen molar-refractivity contribution in [2.24, 2.45) is 0 Å². The van der Waals surface area contributed by atoms with E-state index in [0.29, 0.717) is 25.6 Å². The summed E-state index contributed by atoms with van der Waals surface area (Å²) in [5, 5.41) is 4.01. The number of nitrogen functional groups attached to an aromatic ring is 1. The third-order valence-corrected chi connectivity index (χ3v) is 2.90. The first-order valence-corrected chi connectivity index (χ1v) is 5.66. The Hall–Kier alpha value is -1.56. The van der Waals surface area contributed by atoms with Crippen LogP contribution in [0.2, 0.25) is 0 Å². The molecule has 0 radical (unpaired) electrons. The Labute approximate surface area is 100 Å². The molecule has 6 heteroatoms. The van der Waals surface area contributed by atoms with Crippen molar-refractivity contribution < 1.29 is 9.53 Å². The summed E-state index contributed by atoms with van der Waals surface area (Å²) < 4.78 is 6.94. The SMILES string of the molecule is CC1(C)COCCN1C(=O)Cn1ccc(N)n1. The van der Waals surface area contributed by atoms with Crippen LogP contribution in [0, 0.1) is 0 Å². The van der Waals surface area contributed by atoms with Crippen LogP contribution >= 0.6 is 0 Å². The van der Waals surface area contributed by atoms with Crippen molar-refractivity contribution in [2.45, 2.75) is 25.9 Å². The minimum atomic E-state index is -0.256. The molecule has 0 atom stereocenters. The van der Waals surface area contributed by atoms with E-state index in [2.05, 4.69) is 5.10 Å². The summed E-state index contributed by atoms with van der Waals surface area (Å²) in [6.07, 6.45) is 1.71. The van der Waals surface area contributed by atoms with Crippen molar-refractivity contribution in [3.63, 3.8) is 0 Å². The zero-order valence-corrected chi connectivity index (χ0v) is 10.2. The predicted octanol–water partition coefficient (Wildman–Crippen LogP) is 0.103. The van der Waals surface area contributed by atoms with Gasteiger partial charge in [-0.25, -0.2) is 0 Å². The van der Waals surface area contributed by atoms with Crippen molar-refractivity contribution in [2.75, 3.05) is 25.5 Å². The Balaban J connectivity index is 2.04. The van der Waals surface area contributed by atoms with Gasteiger partial charge in [0.15, 0.2) is 0 Å². The number of rotatable bonds is 2. The van der Waals surface area contributed by atoms with E-state index in [0.717, 1.165) is 0 Å². The van der Waals surface area contributed by atoms with Gasteiger partial charge in [0.25, 0.3) is 0 Å². The molecule has 1 amide bonds. The highest BCUT2D eigenvalue weighted by molar-refractivity contribution is 5.76. The Bertz CT molecular complexity index is 413. The molecule has 1 aromatic rings. The predicted molar refractivity (Wildman–Crippen MR) is 63.3 cm³/mol. The Morgan fingerprint density at radius 1 is 1.65 bits per heavy atom. The van der Waals surface area contributed by atoms with Crippen molar-refractivity contribution in [1.82, 2.24) is 14.7 Å². The average molecular weight is 238 g/mol. The van der Waals surface area contributed by atoms with Gasteiger partial charge in [0.1, 0.15) is 12.4 Å². The molecule has 2 N–H and O–H groups in total. The molecular formula is C11H18N4O2. The summed E-state index contributed by atoms with van der Waals surface area (Å²) >= 11 is 0. The number of aromatic nitrogens is 2. The van der Waals surface area contributed by atoms with Gasteiger partial charge in [0.05, 0.1) is 18.8 Å². The van der Waals surface area contributed by atoms with E-state index in [-0.39, 0.29) is 18.0 Å². The number of carbonyl (C=O) groups is 1. The Morgan fingerprint density at radius 3 is 3.00 bits per heavy atom. The molecule has 0 saturated carbocycles. The molecule has 0 aliphatic carbocycles. The van der Waals surface area contributed by atoms with Crippen LogP contribution in [0.1, 0.15) is 13.8 Å². The third kappa shape index (κ3) is 2.58. The van der Waals surface area contributed by atoms with Gasteiger partial charge >= 0.3 is 0 Å². The number of carbonyl (C=O) groups excluding carboxylic acids is 1. The molecule has 6 nitrogen and oxygen atoms in total. The zero-order valence-electron chi connectivity index (χ0n) is 10.2. The highest BCUT2D eigenvalue weighted by Gasteiger charge is 2.33. The van der Waals surface area contributed by atoms with Crippen LogP contribution in [0.5, 0.6) is 0 Å². The average Bonchev–Trinajstić information content (AvgIpc) is 2.63. The lowest BCUT2D eigenvalue weighted by Gasteiger charge is -2.42. The second-order valence-corrected chi connectivity index (χ2v) is 4.85. The van der Waals surface area contributed by atoms with Crippen LogP contribution in [0.4, 0.5) is 5.82 Å². The van der Waals surface area contributed by atoms with Crippen LogP contribution in [0.3, 0.4) is 0 Å². The van der Waals surface area contributed by atoms with Crippen LogP contribution in [-0.2, 0) is 16.1 Å². The number of morpholine rings is 1. The smallest absolute Gasteiger partial charge is 0.244 e. The summed E-state index contributed by atoms with van der Waals surface area (Å²) in [6.45, 7) is 6.02. The second-order valence-electron chi connectivity index (χ2n) is 4.85. The largest absolute Gasteiger partial charge is 0.382 e. The van der Waals surface area contributed by atoms with Gasteiger partial charge in [-0.15, -0.1) is 0 Å². The van der Waals surface area contributed by atoms with Crippen molar-refractivity contribution in [1.29, 1.82) is 0 Å². The van der Waals surface area contributed by atoms with Gasteiger partial charge in [0.2, 0.25) is 5.91 Å². The maximum atomic E-state index is 12.2. The molecule has 0 bridgehead atoms. The Kier molecular flexibility index (Phi) is 3.06. The van der Waals surface area contributed by atoms with E-state index in [9.17, 15) is 4.79 Å². The lowest BCUT2D eigenvalue weighted by atomic mass is 10.0. The van der Waals surface area contributed by atoms with E-state index in [4.69, 9.17) is 10.5 Å². The zero-order chi connectivity index (χ0) is 12.5. The summed E-state index contributed by atoms with van der Waals surface area (Å²) in [7, 11) is 0. The van der Waals surface area contributed by atoms with Gasteiger partial charge in [-0.05, 0) is 19.9 Å². The topological polar surface area (TPSA) is 73.4 Å². The lowest BCUT2D eigenvalue weighted by Crippen LogP contribution is -2.56. The summed E-state index contributed by atoms with van der Waals surface area (Å²) in [6, 6.07) is 1.68. The van der Waals surface area contributed by atoms with E-state index in [1.165, 1.54) is 0 Å². The normalized spacial score (nSPS) is 19.3. The molecule has 0 spiro atoms. The Morgan fingerprint density at radius 2 is 2.41 bits per heavy atom. The molecule has 1 aromatic heterocycles. The molecule has 0 unspecified atom stereocenters. The number of nitrogens with zero attached hydrogens (tertiary/aromatic N) is 3. The monoisotopic (exact) mass is 238 g/mol. The third-order valence-electron chi connectivity index (χ3n) is 2.90. The number of amides is 1. The van der Waals surface area contributed by atoms with E-state index in [1.54, 1.807) is 16.9 Å². The van der Waals surface area contributed by atoms with Gasteiger partial charge in [-0.2, -0.15) is 5.10 Å². The van der Waals surface area contributed by atoms with Gasteiger partial charge < -0.3 is 15.4 Å². The standard InChI is InChI=1S/C11H18N4O2/c1-11(2)8-17-6-5-15(11)10(16)7-14-4-3-9(12)13-14/h3-4H,5-8H2,1-2H3,(H2,12,13). The van der Waals surface area contributed by atoms with Gasteiger partial charge in [0, 0.05) is 12.7 Å². The summed E-state index contributed by atoms with van der Waals surface area (Å²) in [5.41, 5.74) is 5.25. The first-order chi connectivity index (χ1) is 7.99. The highest BCUT2D eigenvalue weighted by Crippen LogP contribution is 2.19. The highest BCUT2D eigenvalue weighted by atomic mass is 16.5. The molecule has 2 rings (SSSR count). The van der Waals surface area contributed by atoms with Gasteiger partial charge in [-0.3, -0.25) is 9.48 Å². The molecule has 17 heavy (non-hydrogen) atoms. The number of anilines is 1. The lowest BCUT2D eigenvalue weighted by molar-refractivity contribution is -0.147. The molecule has 1 saturated heterocycles. The fourth-order valence-electron chi connectivity index (χ4n) is 2.01. The number of hydrogen-bond acceptors (Lipinski definition) is 4. The summed E-state index contributed by atoms with van der Waals surface area (Å²) in [4.78, 5) is 14.0. The van der Waals surface area contributed by atoms with E-state index < -0.39 is 0 Å². The fourth-order valence-corrected chi connectivity index (χ4v) is 2.01. The van der Waals surface area contributed by atoms with Crippen LogP contribution in [0.25, 0.3) is 0 Å². The second kappa shape index (κ2) is 4.37. The number of ether oxygens (including phenoxy) is 1. The quantitative estimate of drug-likeness (QED) is 0.793. The van der Waals surface area contributed by atoms with E-state index >= 15 is 0 Å². The van der Waals surface area contributed by atoms with Crippen molar-refractivity contribution in [3.05, 3.63) is 12.3 Å². The molecule has 0 aromatic carbocycles. The maximum Gasteiger partial charge on any atom is 0.244 e. The number of hydrogen-bond donors (Lipinski definition) is 1. The van der Waals surface area contributed by atoms with Gasteiger partial charge in [-0.1, -0.05) is 0 Å². The van der Waals surface area contributed by atoms with Crippen molar-refractivity contribution >= 4 is 11.7 Å². The first-order valence-electron chi connectivity index (χ1n) is 5.66. The first kappa shape index (κ1) is 11.9. The van der Waals surface area contributed by atoms with Crippen LogP contribution in [-0.4, -0.2) is 45.9 Å². The van der Waals surface area contributed by atoms with E-state index in [1.807, 2.05) is 18.7 Å². The maximum absolute atomic E-state index is 12.2. The van der Waals surface area contributed by atoms with Crippen LogP contribution < -0.4 is 5.73 Å². The minimum absolute atomic E-state index is 0.0430. The fraction of sp³-hybridized carbons (Fsp3) is 0.636. The molecule has 1 aliphatic heterocycles. The molecule has 94 valence electrons. The molecule has 2 heterocycles. The molecule has 1 fully saturated rings.